The zero-order valence-electron chi connectivity index (χ0n) is 18.9. The quantitative estimate of drug-likeness (QED) is 0.531. The van der Waals surface area contributed by atoms with Crippen LogP contribution >= 0.6 is 0 Å². The second-order valence-corrected chi connectivity index (χ2v) is 9.03. The van der Waals surface area contributed by atoms with E-state index in [1.807, 2.05) is 66.7 Å². The lowest BCUT2D eigenvalue weighted by Gasteiger charge is -2.36. The predicted octanol–water partition coefficient (Wildman–Crippen LogP) is 5.41. The molecule has 2 aliphatic heterocycles. The Bertz CT molecular complexity index is 1070. The second kappa shape index (κ2) is 9.67. The van der Waals surface area contributed by atoms with Gasteiger partial charge in [0.2, 0.25) is 0 Å². The minimum Gasteiger partial charge on any atom is -0.490 e. The molecule has 1 unspecified atom stereocenters. The molecule has 3 atom stereocenters. The molecular formula is C28H30N2O3. The summed E-state index contributed by atoms with van der Waals surface area (Å²) in [6.07, 6.45) is 5.04. The van der Waals surface area contributed by atoms with Crippen LogP contribution in [0.5, 0.6) is 17.2 Å². The van der Waals surface area contributed by atoms with Crippen molar-refractivity contribution in [2.24, 2.45) is 0 Å². The monoisotopic (exact) mass is 442 g/mol. The number of benzene rings is 3. The number of para-hydroxylation sites is 1. The summed E-state index contributed by atoms with van der Waals surface area (Å²) in [5.74, 6) is 2.24. The van der Waals surface area contributed by atoms with Gasteiger partial charge in [-0.25, -0.2) is 0 Å². The number of piperidine rings is 1. The molecule has 2 bridgehead atoms. The Morgan fingerprint density at radius 1 is 0.879 bits per heavy atom. The summed E-state index contributed by atoms with van der Waals surface area (Å²) in [5.41, 5.74) is 1.63. The third-order valence-corrected chi connectivity index (χ3v) is 6.80. The summed E-state index contributed by atoms with van der Waals surface area (Å²) in [6, 6.07) is 26.1. The zero-order valence-corrected chi connectivity index (χ0v) is 18.9. The molecule has 5 rings (SSSR count). The molecule has 1 amide bonds. The van der Waals surface area contributed by atoms with Gasteiger partial charge in [-0.2, -0.15) is 0 Å². The maximum absolute atomic E-state index is 12.6. The van der Waals surface area contributed by atoms with E-state index < -0.39 is 0 Å². The molecule has 0 spiro atoms. The van der Waals surface area contributed by atoms with Crippen molar-refractivity contribution in [1.29, 1.82) is 0 Å². The highest BCUT2D eigenvalue weighted by molar-refractivity contribution is 5.94. The molecule has 1 N–H and O–H groups in total. The van der Waals surface area contributed by atoms with Crippen LogP contribution in [0.2, 0.25) is 0 Å². The van der Waals surface area contributed by atoms with Crippen LogP contribution in [0.15, 0.2) is 78.9 Å². The van der Waals surface area contributed by atoms with Crippen LogP contribution in [0.4, 0.5) is 0 Å². The maximum Gasteiger partial charge on any atom is 0.251 e. The van der Waals surface area contributed by atoms with Crippen LogP contribution in [-0.2, 0) is 6.54 Å². The Morgan fingerprint density at radius 2 is 1.55 bits per heavy atom. The Labute approximate surface area is 195 Å². The van der Waals surface area contributed by atoms with E-state index in [1.165, 1.54) is 12.8 Å². The van der Waals surface area contributed by atoms with Gasteiger partial charge in [-0.15, -0.1) is 0 Å². The number of fused-ring (bicyclic) bond motifs is 2. The average molecular weight is 443 g/mol. The molecule has 0 radical (unpaired) electrons. The molecule has 5 nitrogen and oxygen atoms in total. The first-order valence-corrected chi connectivity index (χ1v) is 11.7. The van der Waals surface area contributed by atoms with Gasteiger partial charge >= 0.3 is 0 Å². The smallest absolute Gasteiger partial charge is 0.251 e. The highest BCUT2D eigenvalue weighted by Crippen LogP contribution is 2.36. The van der Waals surface area contributed by atoms with Gasteiger partial charge in [-0.3, -0.25) is 4.79 Å². The fourth-order valence-electron chi connectivity index (χ4n) is 4.96. The number of ether oxygens (including phenoxy) is 2. The Balaban J connectivity index is 1.14. The highest BCUT2D eigenvalue weighted by atomic mass is 16.5. The lowest BCUT2D eigenvalue weighted by atomic mass is 10.0. The lowest BCUT2D eigenvalue weighted by Crippen LogP contribution is -2.43. The van der Waals surface area contributed by atoms with Crippen molar-refractivity contribution >= 4 is 5.91 Å². The lowest BCUT2D eigenvalue weighted by molar-refractivity contribution is 0.0661. The maximum atomic E-state index is 12.6. The fourth-order valence-corrected chi connectivity index (χ4v) is 4.96. The molecule has 0 saturated carbocycles. The van der Waals surface area contributed by atoms with Crippen molar-refractivity contribution in [1.82, 2.24) is 10.2 Å². The molecule has 3 aromatic carbocycles. The summed E-state index contributed by atoms with van der Waals surface area (Å²) < 4.78 is 12.1. The first-order valence-electron chi connectivity index (χ1n) is 11.7. The van der Waals surface area contributed by atoms with Gasteiger partial charge in [-0.05, 0) is 86.8 Å². The van der Waals surface area contributed by atoms with Gasteiger partial charge in [0.05, 0.1) is 0 Å². The van der Waals surface area contributed by atoms with E-state index in [2.05, 4.69) is 17.3 Å². The molecule has 0 aromatic heterocycles. The largest absolute Gasteiger partial charge is 0.490 e. The minimum absolute atomic E-state index is 0.112. The van der Waals surface area contributed by atoms with E-state index >= 15 is 0 Å². The van der Waals surface area contributed by atoms with Crippen molar-refractivity contribution in [3.63, 3.8) is 0 Å². The van der Waals surface area contributed by atoms with Crippen molar-refractivity contribution in [2.45, 2.75) is 50.4 Å². The average Bonchev–Trinajstić information content (AvgIpc) is 3.04. The summed E-state index contributed by atoms with van der Waals surface area (Å²) in [7, 11) is 2.24. The molecular weight excluding hydrogens is 412 g/mol. The number of amides is 1. The standard InChI is InChI=1S/C28H30N2O3/c1-30-22-12-13-23(30)18-27(17-22)33-26-9-5-6-20(16-26)19-29-28(31)21-10-14-25(15-11-21)32-24-7-3-2-4-8-24/h2-11,14-16,22-23,27H,12-13,17-19H2,1H3,(H,29,31)/t22-,23+,27?. The molecule has 2 fully saturated rings. The first-order chi connectivity index (χ1) is 16.1. The normalized spacial score (nSPS) is 22.0. The molecule has 170 valence electrons. The summed E-state index contributed by atoms with van der Waals surface area (Å²) in [4.78, 5) is 15.1. The van der Waals surface area contributed by atoms with Crippen molar-refractivity contribution in [3.8, 4) is 17.2 Å². The first kappa shape index (κ1) is 21.5. The van der Waals surface area contributed by atoms with Gasteiger partial charge in [0.1, 0.15) is 23.4 Å². The number of nitrogens with one attached hydrogen (secondary N) is 1. The van der Waals surface area contributed by atoms with Crippen LogP contribution < -0.4 is 14.8 Å². The summed E-state index contributed by atoms with van der Waals surface area (Å²) in [5, 5.41) is 3.00. The third kappa shape index (κ3) is 5.20. The van der Waals surface area contributed by atoms with Gasteiger partial charge in [-0.1, -0.05) is 30.3 Å². The third-order valence-electron chi connectivity index (χ3n) is 6.80. The number of carbonyl (C=O) groups excluding carboxylic acids is 1. The number of carbonyl (C=O) groups is 1. The van der Waals surface area contributed by atoms with Crippen LogP contribution in [0.3, 0.4) is 0 Å². The predicted molar refractivity (Wildman–Crippen MR) is 129 cm³/mol. The van der Waals surface area contributed by atoms with Crippen molar-refractivity contribution < 1.29 is 14.3 Å². The summed E-state index contributed by atoms with van der Waals surface area (Å²) in [6.45, 7) is 0.455. The molecule has 5 heteroatoms. The van der Waals surface area contributed by atoms with E-state index in [1.54, 1.807) is 12.1 Å². The van der Waals surface area contributed by atoms with Crippen LogP contribution in [0.1, 0.15) is 41.6 Å². The molecule has 3 aromatic rings. The molecule has 33 heavy (non-hydrogen) atoms. The van der Waals surface area contributed by atoms with Gasteiger partial charge < -0.3 is 19.7 Å². The van der Waals surface area contributed by atoms with Gasteiger partial charge in [0, 0.05) is 24.2 Å². The topological polar surface area (TPSA) is 50.8 Å². The fraction of sp³-hybridized carbons (Fsp3) is 0.321. The van der Waals surface area contributed by atoms with Gasteiger partial charge in [0.15, 0.2) is 0 Å². The molecule has 0 aliphatic carbocycles. The van der Waals surface area contributed by atoms with Gasteiger partial charge in [0.25, 0.3) is 5.91 Å². The Morgan fingerprint density at radius 3 is 2.27 bits per heavy atom. The Kier molecular flexibility index (Phi) is 6.31. The number of rotatable bonds is 7. The molecule has 2 saturated heterocycles. The van der Waals surface area contributed by atoms with E-state index in [9.17, 15) is 4.79 Å². The zero-order chi connectivity index (χ0) is 22.6. The summed E-state index contributed by atoms with van der Waals surface area (Å²) >= 11 is 0. The highest BCUT2D eigenvalue weighted by Gasteiger charge is 2.39. The number of hydrogen-bond donors (Lipinski definition) is 1. The van der Waals surface area contributed by atoms with Crippen LogP contribution in [0.25, 0.3) is 0 Å². The van der Waals surface area contributed by atoms with E-state index in [0.29, 0.717) is 29.9 Å². The van der Waals surface area contributed by atoms with E-state index in [4.69, 9.17) is 9.47 Å². The Hall–Kier alpha value is -3.31. The van der Waals surface area contributed by atoms with Crippen molar-refractivity contribution in [2.75, 3.05) is 7.05 Å². The number of nitrogens with zero attached hydrogens (tertiary/aromatic N) is 1. The minimum atomic E-state index is -0.112. The van der Waals surface area contributed by atoms with E-state index in [0.717, 1.165) is 29.9 Å². The van der Waals surface area contributed by atoms with Crippen LogP contribution in [-0.4, -0.2) is 36.0 Å². The van der Waals surface area contributed by atoms with E-state index in [-0.39, 0.29) is 12.0 Å². The SMILES string of the molecule is CN1[C@@H]2CC[C@H]1CC(Oc1cccc(CNC(=O)c3ccc(Oc4ccccc4)cc3)c1)C2. The molecule has 2 heterocycles. The second-order valence-electron chi connectivity index (χ2n) is 9.03. The van der Waals surface area contributed by atoms with Crippen molar-refractivity contribution in [3.05, 3.63) is 90.0 Å². The molecule has 2 aliphatic rings. The number of hydrogen-bond acceptors (Lipinski definition) is 4. The van der Waals surface area contributed by atoms with Crippen LogP contribution in [0, 0.1) is 0 Å².